The van der Waals surface area contributed by atoms with E-state index in [2.05, 4.69) is 0 Å². The molecule has 8 heteroatoms. The van der Waals surface area contributed by atoms with E-state index in [9.17, 15) is 13.2 Å². The monoisotopic (exact) mass is 327 g/mol. The fourth-order valence-electron chi connectivity index (χ4n) is 2.17. The predicted molar refractivity (Wildman–Crippen MR) is 83.5 cm³/mol. The molecule has 1 aliphatic rings. The molecule has 0 spiro atoms. The number of likely N-dealkylation sites (N-methyl/N-ethyl adjacent to an activating group) is 1. The highest BCUT2D eigenvalue weighted by atomic mass is 32.2. The number of thiocarbonyl (C=S) groups is 1. The van der Waals surface area contributed by atoms with E-state index in [0.717, 1.165) is 0 Å². The molecular formula is C13H17N3O3S2. The molecule has 1 fully saturated rings. The molecule has 0 aromatic heterocycles. The van der Waals surface area contributed by atoms with Crippen LogP contribution in [0, 0.1) is 6.92 Å². The maximum Gasteiger partial charge on any atom is 0.243 e. The lowest BCUT2D eigenvalue weighted by Gasteiger charge is -2.31. The molecule has 0 unspecified atom stereocenters. The molecule has 0 aliphatic carbocycles. The molecule has 0 atom stereocenters. The Balaban J connectivity index is 2.36. The van der Waals surface area contributed by atoms with E-state index in [1.54, 1.807) is 26.1 Å². The lowest BCUT2D eigenvalue weighted by Crippen LogP contribution is -2.50. The summed E-state index contributed by atoms with van der Waals surface area (Å²) in [5.74, 6) is -0.206. The SMILES string of the molecule is Cc1cc(C(N)=S)ccc1S(=O)(=O)N1CCN(C)C(=O)C1. The molecule has 2 N–H and O–H groups in total. The second-order valence-electron chi connectivity index (χ2n) is 5.00. The maximum absolute atomic E-state index is 12.6. The first-order valence-electron chi connectivity index (χ1n) is 6.38. The Morgan fingerprint density at radius 2 is 2.00 bits per heavy atom. The van der Waals surface area contributed by atoms with E-state index in [4.69, 9.17) is 18.0 Å². The predicted octanol–water partition coefficient (Wildman–Crippen LogP) is 0.0919. The minimum atomic E-state index is -3.69. The molecule has 6 nitrogen and oxygen atoms in total. The molecule has 1 aliphatic heterocycles. The highest BCUT2D eigenvalue weighted by Crippen LogP contribution is 2.22. The van der Waals surface area contributed by atoms with Crippen LogP contribution in [0.15, 0.2) is 23.1 Å². The Hall–Kier alpha value is -1.51. The number of piperazine rings is 1. The summed E-state index contributed by atoms with van der Waals surface area (Å²) in [5, 5.41) is 0. The van der Waals surface area contributed by atoms with Crippen LogP contribution in [-0.4, -0.2) is 55.2 Å². The van der Waals surface area contributed by atoms with Crippen LogP contribution in [0.1, 0.15) is 11.1 Å². The van der Waals surface area contributed by atoms with Crippen molar-refractivity contribution < 1.29 is 13.2 Å². The van der Waals surface area contributed by atoms with Gasteiger partial charge < -0.3 is 10.6 Å². The van der Waals surface area contributed by atoms with Gasteiger partial charge in [0.15, 0.2) is 0 Å². The van der Waals surface area contributed by atoms with E-state index < -0.39 is 10.0 Å². The van der Waals surface area contributed by atoms with Gasteiger partial charge in [0.2, 0.25) is 15.9 Å². The van der Waals surface area contributed by atoms with Gasteiger partial charge in [0.25, 0.3) is 0 Å². The fraction of sp³-hybridized carbons (Fsp3) is 0.385. The molecule has 1 heterocycles. The van der Waals surface area contributed by atoms with E-state index in [0.29, 0.717) is 24.2 Å². The summed E-state index contributed by atoms with van der Waals surface area (Å²) in [6.45, 7) is 2.24. The summed E-state index contributed by atoms with van der Waals surface area (Å²) in [4.78, 5) is 13.6. The van der Waals surface area contributed by atoms with Gasteiger partial charge in [0, 0.05) is 25.7 Å². The largest absolute Gasteiger partial charge is 0.389 e. The van der Waals surface area contributed by atoms with E-state index in [1.165, 1.54) is 15.3 Å². The van der Waals surface area contributed by atoms with Crippen molar-refractivity contribution >= 4 is 33.1 Å². The third-order valence-electron chi connectivity index (χ3n) is 3.50. The van der Waals surface area contributed by atoms with E-state index >= 15 is 0 Å². The number of rotatable bonds is 3. The van der Waals surface area contributed by atoms with Gasteiger partial charge in [0.1, 0.15) is 4.99 Å². The lowest BCUT2D eigenvalue weighted by molar-refractivity contribution is -0.132. The van der Waals surface area contributed by atoms with Crippen molar-refractivity contribution in [3.8, 4) is 0 Å². The van der Waals surface area contributed by atoms with Gasteiger partial charge in [-0.1, -0.05) is 18.3 Å². The van der Waals surface area contributed by atoms with Crippen molar-refractivity contribution in [3.05, 3.63) is 29.3 Å². The van der Waals surface area contributed by atoms with Gasteiger partial charge in [-0.25, -0.2) is 8.42 Å². The molecule has 0 radical (unpaired) electrons. The van der Waals surface area contributed by atoms with E-state index in [-0.39, 0.29) is 22.3 Å². The first-order chi connectivity index (χ1) is 9.73. The van der Waals surface area contributed by atoms with Crippen molar-refractivity contribution in [1.82, 2.24) is 9.21 Å². The Morgan fingerprint density at radius 1 is 1.33 bits per heavy atom. The van der Waals surface area contributed by atoms with Crippen LogP contribution in [0.3, 0.4) is 0 Å². The van der Waals surface area contributed by atoms with E-state index in [1.807, 2.05) is 0 Å². The Kier molecular flexibility index (Phi) is 4.31. The zero-order chi connectivity index (χ0) is 15.8. The zero-order valence-electron chi connectivity index (χ0n) is 11.9. The minimum absolute atomic E-state index is 0.130. The average Bonchev–Trinajstić information content (AvgIpc) is 2.41. The number of nitrogens with two attached hydrogens (primary N) is 1. The Morgan fingerprint density at radius 3 is 2.52 bits per heavy atom. The molecule has 1 aromatic rings. The summed E-state index contributed by atoms with van der Waals surface area (Å²) in [6.07, 6.45) is 0. The standard InChI is InChI=1S/C13H17N3O3S2/c1-9-7-10(13(14)20)3-4-11(9)21(18,19)16-6-5-15(2)12(17)8-16/h3-4,7H,5-6,8H2,1-2H3,(H2,14,20). The third-order valence-corrected chi connectivity index (χ3v) is 5.74. The molecular weight excluding hydrogens is 310 g/mol. The van der Waals surface area contributed by atoms with Crippen molar-refractivity contribution in [1.29, 1.82) is 0 Å². The highest BCUT2D eigenvalue weighted by Gasteiger charge is 2.32. The van der Waals surface area contributed by atoms with Crippen LogP contribution in [0.25, 0.3) is 0 Å². The van der Waals surface area contributed by atoms with Crippen molar-refractivity contribution in [2.75, 3.05) is 26.7 Å². The summed E-state index contributed by atoms with van der Waals surface area (Å²) in [7, 11) is -2.03. The van der Waals surface area contributed by atoms with Crippen LogP contribution in [0.5, 0.6) is 0 Å². The van der Waals surface area contributed by atoms with Crippen molar-refractivity contribution in [3.63, 3.8) is 0 Å². The molecule has 2 rings (SSSR count). The number of amides is 1. The van der Waals surface area contributed by atoms with Crippen LogP contribution in [-0.2, 0) is 14.8 Å². The number of carbonyl (C=O) groups is 1. The molecule has 1 aromatic carbocycles. The van der Waals surface area contributed by atoms with Gasteiger partial charge in [0.05, 0.1) is 11.4 Å². The Labute approximate surface area is 129 Å². The smallest absolute Gasteiger partial charge is 0.243 e. The Bertz CT molecular complexity index is 701. The third kappa shape index (κ3) is 3.07. The number of sulfonamides is 1. The normalized spacial score (nSPS) is 17.0. The van der Waals surface area contributed by atoms with Crippen molar-refractivity contribution in [2.45, 2.75) is 11.8 Å². The first-order valence-corrected chi connectivity index (χ1v) is 8.23. The van der Waals surface area contributed by atoms with Gasteiger partial charge in [-0.05, 0) is 24.6 Å². The quantitative estimate of drug-likeness (QED) is 0.796. The molecule has 0 bridgehead atoms. The summed E-state index contributed by atoms with van der Waals surface area (Å²) >= 11 is 4.88. The van der Waals surface area contributed by atoms with Crippen LogP contribution in [0.2, 0.25) is 0 Å². The van der Waals surface area contributed by atoms with Gasteiger partial charge in [-0.2, -0.15) is 4.31 Å². The maximum atomic E-state index is 12.6. The number of benzene rings is 1. The molecule has 114 valence electrons. The number of hydrogen-bond donors (Lipinski definition) is 1. The number of nitrogens with zero attached hydrogens (tertiary/aromatic N) is 2. The average molecular weight is 327 g/mol. The van der Waals surface area contributed by atoms with Crippen LogP contribution >= 0.6 is 12.2 Å². The number of carbonyl (C=O) groups excluding carboxylic acids is 1. The minimum Gasteiger partial charge on any atom is -0.389 e. The van der Waals surface area contributed by atoms with Crippen molar-refractivity contribution in [2.24, 2.45) is 5.73 Å². The van der Waals surface area contributed by atoms with Crippen LogP contribution < -0.4 is 5.73 Å². The highest BCUT2D eigenvalue weighted by molar-refractivity contribution is 7.89. The topological polar surface area (TPSA) is 83.7 Å². The molecule has 21 heavy (non-hydrogen) atoms. The second-order valence-corrected chi connectivity index (χ2v) is 7.34. The summed E-state index contributed by atoms with van der Waals surface area (Å²) in [6, 6.07) is 4.72. The first kappa shape index (κ1) is 15.9. The van der Waals surface area contributed by atoms with Gasteiger partial charge in [-0.15, -0.1) is 0 Å². The van der Waals surface area contributed by atoms with Gasteiger partial charge in [-0.3, -0.25) is 4.79 Å². The number of aryl methyl sites for hydroxylation is 1. The number of hydrogen-bond acceptors (Lipinski definition) is 4. The summed E-state index contributed by atoms with van der Waals surface area (Å²) in [5.41, 5.74) is 6.72. The fourth-order valence-corrected chi connectivity index (χ4v) is 3.89. The molecule has 0 saturated carbocycles. The second kappa shape index (κ2) is 5.70. The zero-order valence-corrected chi connectivity index (χ0v) is 13.5. The molecule has 1 saturated heterocycles. The van der Waals surface area contributed by atoms with Gasteiger partial charge >= 0.3 is 0 Å². The molecule has 1 amide bonds. The van der Waals surface area contributed by atoms with Crippen LogP contribution in [0.4, 0.5) is 0 Å². The summed E-state index contributed by atoms with van der Waals surface area (Å²) < 4.78 is 26.5. The lowest BCUT2D eigenvalue weighted by atomic mass is 10.1.